The molecule has 0 N–H and O–H groups in total. The van der Waals surface area contributed by atoms with Gasteiger partial charge in [0.2, 0.25) is 0 Å². The largest absolute Gasteiger partial charge is 0.456 e. The molecular weight excluding hydrogens is 526 g/mol. The first kappa shape index (κ1) is 23.9. The third kappa shape index (κ3) is 3.75. The topological polar surface area (TPSA) is 29.5 Å². The molecule has 3 heteroatoms. The minimum Gasteiger partial charge on any atom is -0.456 e. The van der Waals surface area contributed by atoms with Crippen molar-refractivity contribution in [3.8, 4) is 11.1 Å². The van der Waals surface area contributed by atoms with Crippen LogP contribution >= 0.6 is 0 Å². The molecule has 0 radical (unpaired) electrons. The molecule has 0 fully saturated rings. The summed E-state index contributed by atoms with van der Waals surface area (Å²) in [5, 5.41) is 6.87. The van der Waals surface area contributed by atoms with Gasteiger partial charge in [-0.15, -0.1) is 0 Å². The van der Waals surface area contributed by atoms with Gasteiger partial charge in [-0.05, 0) is 53.2 Å². The van der Waals surface area contributed by atoms with Crippen LogP contribution in [0, 0.1) is 0 Å². The van der Waals surface area contributed by atoms with Crippen molar-refractivity contribution in [2.75, 3.05) is 4.90 Å². The Morgan fingerprint density at radius 2 is 0.977 bits per heavy atom. The molecule has 0 atom stereocenters. The molecule has 0 aliphatic carbocycles. The van der Waals surface area contributed by atoms with Crippen LogP contribution in [0.25, 0.3) is 65.8 Å². The molecule has 202 valence electrons. The molecule has 2 aromatic heterocycles. The number of anilines is 3. The summed E-state index contributed by atoms with van der Waals surface area (Å²) >= 11 is 0. The fourth-order valence-corrected chi connectivity index (χ4v) is 6.45. The molecule has 0 saturated heterocycles. The smallest absolute Gasteiger partial charge is 0.143 e. The molecule has 0 aliphatic heterocycles. The highest BCUT2D eigenvalue weighted by Crippen LogP contribution is 2.45. The van der Waals surface area contributed by atoms with Gasteiger partial charge in [-0.3, -0.25) is 0 Å². The Morgan fingerprint density at radius 1 is 0.372 bits per heavy atom. The van der Waals surface area contributed by atoms with Crippen molar-refractivity contribution in [2.45, 2.75) is 0 Å². The molecule has 0 spiro atoms. The van der Waals surface area contributed by atoms with Crippen molar-refractivity contribution < 1.29 is 8.83 Å². The zero-order valence-corrected chi connectivity index (χ0v) is 23.2. The summed E-state index contributed by atoms with van der Waals surface area (Å²) in [7, 11) is 0. The first-order valence-corrected chi connectivity index (χ1v) is 14.5. The molecule has 3 nitrogen and oxygen atoms in total. The zero-order chi connectivity index (χ0) is 28.3. The maximum absolute atomic E-state index is 6.50. The third-order valence-corrected chi connectivity index (χ3v) is 8.45. The van der Waals surface area contributed by atoms with E-state index in [0.717, 1.165) is 72.1 Å². The van der Waals surface area contributed by atoms with E-state index in [4.69, 9.17) is 8.83 Å². The van der Waals surface area contributed by atoms with Gasteiger partial charge in [-0.25, -0.2) is 0 Å². The zero-order valence-electron chi connectivity index (χ0n) is 23.2. The van der Waals surface area contributed by atoms with Gasteiger partial charge in [0.05, 0.1) is 5.69 Å². The predicted molar refractivity (Wildman–Crippen MR) is 179 cm³/mol. The highest BCUT2D eigenvalue weighted by molar-refractivity contribution is 6.11. The molecule has 0 amide bonds. The van der Waals surface area contributed by atoms with Crippen LogP contribution in [0.3, 0.4) is 0 Å². The van der Waals surface area contributed by atoms with Crippen LogP contribution in [0.2, 0.25) is 0 Å². The van der Waals surface area contributed by atoms with Gasteiger partial charge in [-0.1, -0.05) is 103 Å². The van der Waals surface area contributed by atoms with E-state index >= 15 is 0 Å². The van der Waals surface area contributed by atoms with Gasteiger partial charge in [-0.2, -0.15) is 0 Å². The summed E-state index contributed by atoms with van der Waals surface area (Å²) in [5.74, 6) is 0. The summed E-state index contributed by atoms with van der Waals surface area (Å²) in [5.41, 5.74) is 8.83. The van der Waals surface area contributed by atoms with E-state index in [9.17, 15) is 0 Å². The molecule has 2 heterocycles. The standard InChI is InChI=1S/C40H25NO2/c1-2-11-27-24-28(21-20-26(27)10-1)41(29-22-23-33-31-13-4-7-18-37(31)42-39(33)25-29)36-17-6-3-12-30(36)34-15-9-16-35-32-14-5-8-19-38(32)43-40(34)35/h1-25H. The van der Waals surface area contributed by atoms with E-state index in [1.807, 2.05) is 24.3 Å². The summed E-state index contributed by atoms with van der Waals surface area (Å²) in [6, 6.07) is 53.1. The van der Waals surface area contributed by atoms with Crippen LogP contribution in [0.15, 0.2) is 160 Å². The van der Waals surface area contributed by atoms with Crippen molar-refractivity contribution in [3.63, 3.8) is 0 Å². The number of hydrogen-bond donors (Lipinski definition) is 0. The molecule has 0 unspecified atom stereocenters. The van der Waals surface area contributed by atoms with Crippen LogP contribution in [-0.2, 0) is 0 Å². The maximum atomic E-state index is 6.50. The lowest BCUT2D eigenvalue weighted by molar-refractivity contribution is 0.669. The molecule has 0 bridgehead atoms. The third-order valence-electron chi connectivity index (χ3n) is 8.45. The number of para-hydroxylation sites is 4. The fraction of sp³-hybridized carbons (Fsp3) is 0. The van der Waals surface area contributed by atoms with Crippen LogP contribution in [0.4, 0.5) is 17.1 Å². The van der Waals surface area contributed by atoms with Gasteiger partial charge in [0.1, 0.15) is 22.3 Å². The number of hydrogen-bond acceptors (Lipinski definition) is 3. The number of furan rings is 2. The van der Waals surface area contributed by atoms with Crippen LogP contribution in [0.1, 0.15) is 0 Å². The highest BCUT2D eigenvalue weighted by atomic mass is 16.3. The van der Waals surface area contributed by atoms with Gasteiger partial charge in [0, 0.05) is 50.1 Å². The second kappa shape index (κ2) is 9.37. The number of benzene rings is 7. The van der Waals surface area contributed by atoms with Crippen LogP contribution in [-0.4, -0.2) is 0 Å². The Balaban J connectivity index is 1.31. The monoisotopic (exact) mass is 551 g/mol. The van der Waals surface area contributed by atoms with Crippen LogP contribution < -0.4 is 4.90 Å². The molecule has 0 saturated carbocycles. The van der Waals surface area contributed by atoms with E-state index < -0.39 is 0 Å². The molecule has 0 aliphatic rings. The van der Waals surface area contributed by atoms with Gasteiger partial charge in [0.25, 0.3) is 0 Å². The van der Waals surface area contributed by atoms with E-state index in [2.05, 4.69) is 132 Å². The predicted octanol–water partition coefficient (Wildman–Crippen LogP) is 11.8. The average molecular weight is 552 g/mol. The second-order valence-electron chi connectivity index (χ2n) is 10.9. The van der Waals surface area contributed by atoms with Crippen molar-refractivity contribution in [1.82, 2.24) is 0 Å². The van der Waals surface area contributed by atoms with Gasteiger partial charge in [0.15, 0.2) is 0 Å². The van der Waals surface area contributed by atoms with E-state index in [0.29, 0.717) is 0 Å². The van der Waals surface area contributed by atoms with Crippen molar-refractivity contribution in [2.24, 2.45) is 0 Å². The Labute approximate surface area is 247 Å². The Bertz CT molecular complexity index is 2480. The summed E-state index contributed by atoms with van der Waals surface area (Å²) < 4.78 is 12.8. The fourth-order valence-electron chi connectivity index (χ4n) is 6.45. The average Bonchev–Trinajstić information content (AvgIpc) is 3.63. The van der Waals surface area contributed by atoms with Gasteiger partial charge < -0.3 is 13.7 Å². The SMILES string of the molecule is c1ccc(N(c2ccc3ccccc3c2)c2ccc3c(c2)oc2ccccc23)c(-c2cccc3c2oc2ccccc23)c1. The van der Waals surface area contributed by atoms with E-state index in [-0.39, 0.29) is 0 Å². The number of fused-ring (bicyclic) bond motifs is 7. The first-order valence-electron chi connectivity index (χ1n) is 14.5. The Hall–Kier alpha value is -5.80. The number of nitrogens with zero attached hydrogens (tertiary/aromatic N) is 1. The molecule has 43 heavy (non-hydrogen) atoms. The Kier molecular flexibility index (Phi) is 5.20. The van der Waals surface area contributed by atoms with E-state index in [1.54, 1.807) is 0 Å². The van der Waals surface area contributed by atoms with Gasteiger partial charge >= 0.3 is 0 Å². The normalized spacial score (nSPS) is 11.7. The first-order chi connectivity index (χ1) is 21.3. The molecule has 7 aromatic carbocycles. The minimum absolute atomic E-state index is 0.862. The van der Waals surface area contributed by atoms with Crippen LogP contribution in [0.5, 0.6) is 0 Å². The molecule has 9 rings (SSSR count). The van der Waals surface area contributed by atoms with Crippen molar-refractivity contribution in [3.05, 3.63) is 152 Å². The minimum atomic E-state index is 0.862. The lowest BCUT2D eigenvalue weighted by Crippen LogP contribution is -2.11. The molecule has 9 aromatic rings. The highest BCUT2D eigenvalue weighted by Gasteiger charge is 2.21. The maximum Gasteiger partial charge on any atom is 0.143 e. The lowest BCUT2D eigenvalue weighted by Gasteiger charge is -2.28. The van der Waals surface area contributed by atoms with E-state index in [1.165, 1.54) is 10.8 Å². The van der Waals surface area contributed by atoms with Crippen molar-refractivity contribution in [1.29, 1.82) is 0 Å². The lowest BCUT2D eigenvalue weighted by atomic mass is 9.99. The summed E-state index contributed by atoms with van der Waals surface area (Å²) in [6.07, 6.45) is 0. The summed E-state index contributed by atoms with van der Waals surface area (Å²) in [6.45, 7) is 0. The quantitative estimate of drug-likeness (QED) is 0.218. The second-order valence-corrected chi connectivity index (χ2v) is 10.9. The Morgan fingerprint density at radius 3 is 1.86 bits per heavy atom. The van der Waals surface area contributed by atoms with Crippen molar-refractivity contribution >= 4 is 71.7 Å². The summed E-state index contributed by atoms with van der Waals surface area (Å²) in [4.78, 5) is 2.33. The molecular formula is C40H25NO2. The number of rotatable bonds is 4.